The van der Waals surface area contributed by atoms with Gasteiger partial charge in [0.1, 0.15) is 0 Å². The van der Waals surface area contributed by atoms with Crippen molar-refractivity contribution < 1.29 is 0 Å². The lowest BCUT2D eigenvalue weighted by Crippen LogP contribution is -2.18. The summed E-state index contributed by atoms with van der Waals surface area (Å²) >= 11 is 0. The summed E-state index contributed by atoms with van der Waals surface area (Å²) in [6.45, 7) is 11.8. The first kappa shape index (κ1) is 11.5. The van der Waals surface area contributed by atoms with Crippen molar-refractivity contribution in [1.29, 1.82) is 0 Å². The van der Waals surface area contributed by atoms with Gasteiger partial charge < -0.3 is 4.41 Å². The molecule has 0 N–H and O–H groups in total. The Morgan fingerprint density at radius 3 is 1.69 bits per heavy atom. The van der Waals surface area contributed by atoms with E-state index in [0.717, 1.165) is 0 Å². The van der Waals surface area contributed by atoms with Crippen molar-refractivity contribution >= 4 is 15.4 Å². The molecule has 1 fully saturated rings. The first-order valence-corrected chi connectivity index (χ1v) is 10.2. The Balaban J connectivity index is 3.05. The molecule has 0 radical (unpaired) electrons. The van der Waals surface area contributed by atoms with E-state index in [0.29, 0.717) is 5.16 Å². The Kier molecular flexibility index (Phi) is 2.60. The lowest BCUT2D eigenvalue weighted by molar-refractivity contribution is 0.673. The molecule has 1 saturated heterocycles. The van der Waals surface area contributed by atoms with Gasteiger partial charge >= 0.3 is 0 Å². The molecule has 0 aromatic carbocycles. The largest absolute Gasteiger partial charge is 0.324 e. The van der Waals surface area contributed by atoms with E-state index in [4.69, 9.17) is 4.41 Å². The molecule has 1 aliphatic heterocycles. The quantitative estimate of drug-likeness (QED) is 0.513. The maximum atomic E-state index is 5.18. The van der Waals surface area contributed by atoms with Gasteiger partial charge in [0.2, 0.25) is 0 Å². The average molecular weight is 218 g/mol. The van der Waals surface area contributed by atoms with Gasteiger partial charge in [0.05, 0.1) is 0 Å². The van der Waals surface area contributed by atoms with Crippen LogP contribution in [-0.4, -0.2) is 38.3 Å². The minimum Gasteiger partial charge on any atom is -0.324 e. The Morgan fingerprint density at radius 1 is 1.23 bits per heavy atom. The fraction of sp³-hybridized carbons (Fsp3) is 1.00. The molecule has 1 heterocycles. The lowest BCUT2D eigenvalue weighted by Gasteiger charge is -2.23. The number of rotatable bonds is 2. The SMILES string of the molecule is CN(C)P1(=N[Si](C)(C)C)CC1(C)C. The van der Waals surface area contributed by atoms with Crippen LogP contribution in [0.3, 0.4) is 0 Å². The van der Waals surface area contributed by atoms with Crippen LogP contribution >= 0.6 is 7.21 Å². The highest BCUT2D eigenvalue weighted by Gasteiger charge is 2.56. The third-order valence-electron chi connectivity index (χ3n) is 2.60. The molecule has 1 unspecified atom stereocenters. The highest BCUT2D eigenvalue weighted by atomic mass is 31.2. The molecule has 0 spiro atoms. The van der Waals surface area contributed by atoms with Crippen LogP contribution in [0.25, 0.3) is 0 Å². The van der Waals surface area contributed by atoms with Crippen molar-refractivity contribution in [1.82, 2.24) is 4.67 Å². The summed E-state index contributed by atoms with van der Waals surface area (Å²) in [5, 5.41) is 0.497. The van der Waals surface area contributed by atoms with Crippen LogP contribution in [0, 0.1) is 0 Å². The maximum Gasteiger partial charge on any atom is 0.172 e. The van der Waals surface area contributed by atoms with Crippen molar-refractivity contribution in [3.8, 4) is 0 Å². The van der Waals surface area contributed by atoms with Gasteiger partial charge in [-0.05, 0) is 14.1 Å². The summed E-state index contributed by atoms with van der Waals surface area (Å²) in [7, 11) is 2.08. The van der Waals surface area contributed by atoms with Gasteiger partial charge in [0.15, 0.2) is 8.24 Å². The Morgan fingerprint density at radius 2 is 1.62 bits per heavy atom. The molecule has 0 bridgehead atoms. The van der Waals surface area contributed by atoms with Crippen molar-refractivity contribution in [3.63, 3.8) is 0 Å². The molecule has 0 aromatic heterocycles. The average Bonchev–Trinajstić information content (AvgIpc) is 2.30. The van der Waals surface area contributed by atoms with E-state index in [9.17, 15) is 0 Å². The molecular weight excluding hydrogens is 195 g/mol. The summed E-state index contributed by atoms with van der Waals surface area (Å²) in [5.74, 6) is 0. The Labute approximate surface area is 83.9 Å². The molecule has 0 saturated carbocycles. The van der Waals surface area contributed by atoms with E-state index >= 15 is 0 Å². The van der Waals surface area contributed by atoms with Gasteiger partial charge in [-0.15, -0.1) is 0 Å². The third kappa shape index (κ3) is 2.08. The summed E-state index contributed by atoms with van der Waals surface area (Å²) in [5.41, 5.74) is 0. The Bertz CT molecular complexity index is 263. The van der Waals surface area contributed by atoms with Gasteiger partial charge in [0.25, 0.3) is 0 Å². The number of hydrogen-bond donors (Lipinski definition) is 0. The molecular formula is C9H23N2PSi. The normalized spacial score (nSPS) is 32.0. The molecule has 2 nitrogen and oxygen atoms in total. The van der Waals surface area contributed by atoms with Crippen LogP contribution in [0.2, 0.25) is 19.6 Å². The predicted octanol–water partition coefficient (Wildman–Crippen LogP) is 3.29. The van der Waals surface area contributed by atoms with E-state index in [2.05, 4.69) is 52.3 Å². The van der Waals surface area contributed by atoms with Crippen molar-refractivity contribution in [2.75, 3.05) is 20.3 Å². The van der Waals surface area contributed by atoms with Crippen molar-refractivity contribution in [2.45, 2.75) is 38.6 Å². The van der Waals surface area contributed by atoms with Crippen molar-refractivity contribution in [3.05, 3.63) is 0 Å². The summed E-state index contributed by atoms with van der Waals surface area (Å²) in [4.78, 5) is 0. The molecule has 1 rings (SSSR count). The van der Waals surface area contributed by atoms with Gasteiger partial charge in [-0.2, -0.15) is 0 Å². The second-order valence-electron chi connectivity index (χ2n) is 5.82. The third-order valence-corrected chi connectivity index (χ3v) is 10.6. The summed E-state index contributed by atoms with van der Waals surface area (Å²) in [6, 6.07) is 0. The van der Waals surface area contributed by atoms with Crippen LogP contribution in [0.4, 0.5) is 0 Å². The van der Waals surface area contributed by atoms with Crippen LogP contribution in [0.5, 0.6) is 0 Å². The molecule has 0 aliphatic carbocycles. The second-order valence-corrected chi connectivity index (χ2v) is 14.7. The van der Waals surface area contributed by atoms with Gasteiger partial charge in [-0.1, -0.05) is 33.5 Å². The zero-order chi connectivity index (χ0) is 10.5. The molecule has 1 atom stereocenters. The predicted molar refractivity (Wildman–Crippen MR) is 65.3 cm³/mol. The van der Waals surface area contributed by atoms with Crippen LogP contribution in [0.1, 0.15) is 13.8 Å². The lowest BCUT2D eigenvalue weighted by atomic mass is 10.3. The zero-order valence-corrected chi connectivity index (χ0v) is 11.9. The van der Waals surface area contributed by atoms with Crippen LogP contribution in [-0.2, 0) is 0 Å². The van der Waals surface area contributed by atoms with Gasteiger partial charge in [-0.3, -0.25) is 4.67 Å². The smallest absolute Gasteiger partial charge is 0.172 e. The topological polar surface area (TPSA) is 15.6 Å². The van der Waals surface area contributed by atoms with E-state index in [1.807, 2.05) is 0 Å². The van der Waals surface area contributed by atoms with Gasteiger partial charge in [0, 0.05) is 18.5 Å². The fourth-order valence-electron chi connectivity index (χ4n) is 1.94. The number of hydrogen-bond acceptors (Lipinski definition) is 1. The van der Waals surface area contributed by atoms with Crippen molar-refractivity contribution in [2.24, 2.45) is 4.41 Å². The second kappa shape index (κ2) is 2.95. The van der Waals surface area contributed by atoms with Gasteiger partial charge in [-0.25, -0.2) is 0 Å². The fourth-order valence-corrected chi connectivity index (χ4v) is 10.7. The zero-order valence-electron chi connectivity index (χ0n) is 10.0. The van der Waals surface area contributed by atoms with E-state index in [-0.39, 0.29) is 0 Å². The monoisotopic (exact) mass is 218 g/mol. The number of nitrogens with zero attached hydrogens (tertiary/aromatic N) is 2. The van der Waals surface area contributed by atoms with Crippen LogP contribution < -0.4 is 0 Å². The summed E-state index contributed by atoms with van der Waals surface area (Å²) in [6.07, 6.45) is 1.33. The molecule has 13 heavy (non-hydrogen) atoms. The first-order valence-electron chi connectivity index (χ1n) is 4.91. The molecule has 1 aliphatic rings. The standard InChI is InChI=1S/C9H23N2PSi/c1-9(2)8-12(9,11(3)4)10-13(5,6)7/h8H2,1-7H3. The molecule has 0 amide bonds. The highest BCUT2D eigenvalue weighted by Crippen LogP contribution is 2.79. The van der Waals surface area contributed by atoms with Crippen LogP contribution in [0.15, 0.2) is 4.41 Å². The molecule has 78 valence electrons. The molecule has 0 aromatic rings. The highest BCUT2D eigenvalue weighted by molar-refractivity contribution is 7.74. The minimum absolute atomic E-state index is 0.497. The maximum absolute atomic E-state index is 5.18. The minimum atomic E-state index is -1.25. The molecule has 4 heteroatoms. The summed E-state index contributed by atoms with van der Waals surface area (Å²) < 4.78 is 7.59. The van der Waals surface area contributed by atoms with E-state index in [1.165, 1.54) is 6.16 Å². The first-order chi connectivity index (χ1) is 5.61. The Hall–Kier alpha value is 0.407. The van der Waals surface area contributed by atoms with E-state index in [1.54, 1.807) is 0 Å². The van der Waals surface area contributed by atoms with E-state index < -0.39 is 15.4 Å².